The molecule has 3 N–H and O–H groups in total. The van der Waals surface area contributed by atoms with Gasteiger partial charge in [0.2, 0.25) is 5.91 Å². The Morgan fingerprint density at radius 3 is 2.67 bits per heavy atom. The van der Waals surface area contributed by atoms with Gasteiger partial charge in [-0.05, 0) is 54.3 Å². The molecule has 0 spiro atoms. The third kappa shape index (κ3) is 4.01. The lowest BCUT2D eigenvalue weighted by atomic mass is 9.95. The number of aromatic hydroxyl groups is 1. The molecule has 1 heterocycles. The highest BCUT2D eigenvalue weighted by atomic mass is 16.3. The van der Waals surface area contributed by atoms with Gasteiger partial charge in [-0.25, -0.2) is 0 Å². The summed E-state index contributed by atoms with van der Waals surface area (Å²) in [5.41, 5.74) is 2.67. The van der Waals surface area contributed by atoms with E-state index in [1.54, 1.807) is 29.2 Å². The molecule has 140 valence electrons. The van der Waals surface area contributed by atoms with Crippen LogP contribution in [0.5, 0.6) is 5.75 Å². The van der Waals surface area contributed by atoms with E-state index in [9.17, 15) is 19.8 Å². The van der Waals surface area contributed by atoms with Crippen molar-refractivity contribution < 1.29 is 19.8 Å². The number of nitrogens with one attached hydrogen (secondary N) is 1. The number of anilines is 1. The maximum absolute atomic E-state index is 12.7. The minimum Gasteiger partial charge on any atom is -0.508 e. The Morgan fingerprint density at radius 2 is 1.96 bits per heavy atom. The van der Waals surface area contributed by atoms with Crippen LogP contribution in [0.25, 0.3) is 0 Å². The fourth-order valence-corrected chi connectivity index (χ4v) is 3.28. The van der Waals surface area contributed by atoms with Crippen LogP contribution in [0.1, 0.15) is 34.0 Å². The summed E-state index contributed by atoms with van der Waals surface area (Å²) in [5, 5.41) is 22.3. The van der Waals surface area contributed by atoms with Crippen molar-refractivity contribution in [1.82, 2.24) is 5.32 Å². The van der Waals surface area contributed by atoms with Crippen molar-refractivity contribution in [2.24, 2.45) is 0 Å². The van der Waals surface area contributed by atoms with Crippen LogP contribution in [-0.4, -0.2) is 35.1 Å². The van der Waals surface area contributed by atoms with E-state index in [2.05, 4.69) is 11.9 Å². The zero-order valence-corrected chi connectivity index (χ0v) is 14.9. The van der Waals surface area contributed by atoms with E-state index in [0.717, 1.165) is 17.7 Å². The molecular weight excluding hydrogens is 344 g/mol. The van der Waals surface area contributed by atoms with Gasteiger partial charge in [-0.15, -0.1) is 0 Å². The molecule has 1 atom stereocenters. The van der Waals surface area contributed by atoms with Crippen molar-refractivity contribution in [1.29, 1.82) is 0 Å². The number of carbonyl (C=O) groups excluding carboxylic acids is 2. The highest BCUT2D eigenvalue weighted by Crippen LogP contribution is 2.30. The van der Waals surface area contributed by atoms with Crippen molar-refractivity contribution in [2.45, 2.75) is 18.9 Å². The average molecular weight is 366 g/mol. The summed E-state index contributed by atoms with van der Waals surface area (Å²) in [6.07, 6.45) is 1.87. The van der Waals surface area contributed by atoms with Crippen LogP contribution in [0.4, 0.5) is 5.69 Å². The molecule has 2 aromatic carbocycles. The lowest BCUT2D eigenvalue weighted by molar-refractivity contribution is -0.114. The number of aliphatic hydroxyl groups excluding tert-OH is 1. The van der Waals surface area contributed by atoms with Gasteiger partial charge in [0.15, 0.2) is 0 Å². The second kappa shape index (κ2) is 8.05. The molecule has 27 heavy (non-hydrogen) atoms. The molecule has 6 heteroatoms. The van der Waals surface area contributed by atoms with Gasteiger partial charge < -0.3 is 20.4 Å². The average Bonchev–Trinajstić information content (AvgIpc) is 2.70. The van der Waals surface area contributed by atoms with E-state index < -0.39 is 6.10 Å². The highest BCUT2D eigenvalue weighted by Gasteiger charge is 2.25. The van der Waals surface area contributed by atoms with Gasteiger partial charge >= 0.3 is 0 Å². The molecule has 0 aromatic heterocycles. The molecule has 3 rings (SSSR count). The molecule has 0 bridgehead atoms. The van der Waals surface area contributed by atoms with Crippen molar-refractivity contribution >= 4 is 17.5 Å². The summed E-state index contributed by atoms with van der Waals surface area (Å²) < 4.78 is 0. The van der Waals surface area contributed by atoms with Crippen molar-refractivity contribution in [2.75, 3.05) is 18.0 Å². The first-order valence-corrected chi connectivity index (χ1v) is 8.82. The van der Waals surface area contributed by atoms with E-state index in [4.69, 9.17) is 0 Å². The Morgan fingerprint density at radius 1 is 1.22 bits per heavy atom. The predicted octanol–water partition coefficient (Wildman–Crippen LogP) is 2.32. The smallest absolute Gasteiger partial charge is 0.251 e. The zero-order chi connectivity index (χ0) is 19.4. The molecule has 2 amide bonds. The van der Waals surface area contributed by atoms with Gasteiger partial charge in [-0.3, -0.25) is 9.59 Å². The number of benzene rings is 2. The number of nitrogens with zero attached hydrogens (tertiary/aromatic N) is 1. The Kier molecular flexibility index (Phi) is 5.57. The number of amides is 2. The van der Waals surface area contributed by atoms with E-state index in [1.165, 1.54) is 18.2 Å². The monoisotopic (exact) mass is 366 g/mol. The minimum absolute atomic E-state index is 0.0442. The summed E-state index contributed by atoms with van der Waals surface area (Å²) >= 11 is 0. The standard InChI is InChI=1S/C21H22N2O4/c1-2-20(26)23-12-4-6-16-17(5-3-7-18(16)23)21(27)22-13-19(25)14-8-10-15(24)11-9-14/h2-3,5,7-11,19,24-25H,1,4,6,12-13H2,(H,22,27). The summed E-state index contributed by atoms with van der Waals surface area (Å²) in [4.78, 5) is 26.4. The number of phenols is 1. The summed E-state index contributed by atoms with van der Waals surface area (Å²) in [6, 6.07) is 11.5. The number of rotatable bonds is 5. The summed E-state index contributed by atoms with van der Waals surface area (Å²) in [5.74, 6) is -0.363. The van der Waals surface area contributed by atoms with Gasteiger partial charge in [0.05, 0.1) is 6.10 Å². The molecule has 0 radical (unpaired) electrons. The number of hydrogen-bond acceptors (Lipinski definition) is 4. The van der Waals surface area contributed by atoms with Gasteiger partial charge in [0.25, 0.3) is 5.91 Å². The van der Waals surface area contributed by atoms with Gasteiger partial charge in [0, 0.05) is 24.3 Å². The van der Waals surface area contributed by atoms with Crippen molar-refractivity contribution in [3.63, 3.8) is 0 Å². The summed E-state index contributed by atoms with van der Waals surface area (Å²) in [7, 11) is 0. The van der Waals surface area contributed by atoms with Crippen LogP contribution in [-0.2, 0) is 11.2 Å². The lowest BCUT2D eigenvalue weighted by Gasteiger charge is -2.30. The van der Waals surface area contributed by atoms with Crippen molar-refractivity contribution in [3.05, 3.63) is 71.8 Å². The maximum atomic E-state index is 12.7. The molecule has 6 nitrogen and oxygen atoms in total. The summed E-state index contributed by atoms with van der Waals surface area (Å²) in [6.45, 7) is 4.18. The molecular formula is C21H22N2O4. The maximum Gasteiger partial charge on any atom is 0.251 e. The van der Waals surface area contributed by atoms with Gasteiger partial charge in [-0.2, -0.15) is 0 Å². The fourth-order valence-electron chi connectivity index (χ4n) is 3.28. The number of fused-ring (bicyclic) bond motifs is 1. The first-order chi connectivity index (χ1) is 13.0. The third-order valence-corrected chi connectivity index (χ3v) is 4.67. The first-order valence-electron chi connectivity index (χ1n) is 8.82. The molecule has 0 fully saturated rings. The Labute approximate surface area is 157 Å². The largest absolute Gasteiger partial charge is 0.508 e. The Balaban J connectivity index is 1.75. The van der Waals surface area contributed by atoms with Gasteiger partial charge in [0.1, 0.15) is 5.75 Å². The molecule has 1 aliphatic heterocycles. The van der Waals surface area contributed by atoms with E-state index in [0.29, 0.717) is 24.1 Å². The lowest BCUT2D eigenvalue weighted by Crippen LogP contribution is -2.36. The number of carbonyl (C=O) groups is 2. The quantitative estimate of drug-likeness (QED) is 0.709. The fraction of sp³-hybridized carbons (Fsp3) is 0.238. The van der Waals surface area contributed by atoms with Crippen LogP contribution in [0.15, 0.2) is 55.1 Å². The molecule has 0 aliphatic carbocycles. The first kappa shape index (κ1) is 18.7. The topological polar surface area (TPSA) is 89.9 Å². The molecule has 2 aromatic rings. The van der Waals surface area contributed by atoms with E-state index in [-0.39, 0.29) is 24.1 Å². The number of aliphatic hydroxyl groups is 1. The third-order valence-electron chi connectivity index (χ3n) is 4.67. The van der Waals surface area contributed by atoms with Crippen molar-refractivity contribution in [3.8, 4) is 5.75 Å². The van der Waals surface area contributed by atoms with Crippen LogP contribution in [0, 0.1) is 0 Å². The van der Waals surface area contributed by atoms with Crippen LogP contribution in [0.3, 0.4) is 0 Å². The Hall–Kier alpha value is -3.12. The van der Waals surface area contributed by atoms with Crippen LogP contribution in [0.2, 0.25) is 0 Å². The van der Waals surface area contributed by atoms with Crippen LogP contribution >= 0.6 is 0 Å². The van der Waals surface area contributed by atoms with E-state index in [1.807, 2.05) is 6.07 Å². The Bertz CT molecular complexity index is 861. The van der Waals surface area contributed by atoms with Gasteiger partial charge in [-0.1, -0.05) is 24.8 Å². The molecule has 0 saturated heterocycles. The van der Waals surface area contributed by atoms with Crippen LogP contribution < -0.4 is 10.2 Å². The minimum atomic E-state index is -0.882. The SMILES string of the molecule is C=CC(=O)N1CCCc2c(C(=O)NCC(O)c3ccc(O)cc3)cccc21. The molecule has 0 saturated carbocycles. The molecule has 1 aliphatic rings. The van der Waals surface area contributed by atoms with E-state index >= 15 is 0 Å². The predicted molar refractivity (Wildman–Crippen MR) is 103 cm³/mol. The number of phenolic OH excluding ortho intramolecular Hbond substituents is 1. The zero-order valence-electron chi connectivity index (χ0n) is 14.9. The highest BCUT2D eigenvalue weighted by molar-refractivity contribution is 6.04. The number of hydrogen-bond donors (Lipinski definition) is 3. The second-order valence-corrected chi connectivity index (χ2v) is 6.42. The molecule has 1 unspecified atom stereocenters. The second-order valence-electron chi connectivity index (χ2n) is 6.42. The normalized spacial score (nSPS) is 14.2.